The topological polar surface area (TPSA) is 22.4 Å². The number of furan rings is 1. The maximum absolute atomic E-state index is 7.08. The van der Waals surface area contributed by atoms with E-state index in [0.29, 0.717) is 0 Å². The van der Waals surface area contributed by atoms with Crippen molar-refractivity contribution in [1.82, 2.24) is 0 Å². The highest BCUT2D eigenvalue weighted by Gasteiger charge is 2.24. The van der Waals surface area contributed by atoms with Gasteiger partial charge in [-0.1, -0.05) is 127 Å². The van der Waals surface area contributed by atoms with Gasteiger partial charge in [0.25, 0.3) is 0 Å². The number of para-hydroxylation sites is 1. The first-order chi connectivity index (χ1) is 24.8. The van der Waals surface area contributed by atoms with Crippen molar-refractivity contribution in [2.24, 2.45) is 0 Å². The minimum absolute atomic E-state index is 0.873. The van der Waals surface area contributed by atoms with Crippen molar-refractivity contribution in [3.05, 3.63) is 158 Å². The summed E-state index contributed by atoms with van der Waals surface area (Å²) in [6.45, 7) is 0. The van der Waals surface area contributed by atoms with Gasteiger partial charge in [0.2, 0.25) is 0 Å². The second kappa shape index (κ2) is 9.49. The van der Waals surface area contributed by atoms with E-state index in [4.69, 9.17) is 9.15 Å². The first kappa shape index (κ1) is 26.3. The standard InChI is InChI=1S/C48H26O2/c1-2-11-33-27(7-1)17-22-40-46-39(35-20-18-30-16-15-28-8-5-9-29-19-21-38(35)45(30)43(28)29)24-23-34(48(46)50-47(33)40)32-25-31-10-6-13-37-36-12-3-4-14-41(36)49-42(26-32)44(31)37/h1-26H. The molecule has 11 aromatic rings. The van der Waals surface area contributed by atoms with Gasteiger partial charge in [-0.3, -0.25) is 0 Å². The summed E-state index contributed by atoms with van der Waals surface area (Å²) in [5, 5.41) is 14.5. The van der Waals surface area contributed by atoms with Crippen molar-refractivity contribution < 1.29 is 9.15 Å². The molecule has 2 heteroatoms. The van der Waals surface area contributed by atoms with E-state index >= 15 is 0 Å². The predicted octanol–water partition coefficient (Wildman–Crippen LogP) is 13.9. The highest BCUT2D eigenvalue weighted by atomic mass is 16.5. The molecule has 0 saturated carbocycles. The summed E-state index contributed by atoms with van der Waals surface area (Å²) in [7, 11) is 0. The number of benzene rings is 10. The summed E-state index contributed by atoms with van der Waals surface area (Å²) >= 11 is 0. The molecule has 0 spiro atoms. The van der Waals surface area contributed by atoms with Crippen LogP contribution < -0.4 is 4.74 Å². The summed E-state index contributed by atoms with van der Waals surface area (Å²) < 4.78 is 13.7. The Kier molecular flexibility index (Phi) is 5.00. The molecule has 0 bridgehead atoms. The molecule has 1 aliphatic heterocycles. The zero-order valence-electron chi connectivity index (χ0n) is 26.8. The molecule has 0 fully saturated rings. The van der Waals surface area contributed by atoms with Crippen LogP contribution in [0.3, 0.4) is 0 Å². The third kappa shape index (κ3) is 3.42. The third-order valence-electron chi connectivity index (χ3n) is 11.0. The van der Waals surface area contributed by atoms with Crippen LogP contribution >= 0.6 is 0 Å². The van der Waals surface area contributed by atoms with E-state index in [1.54, 1.807) is 0 Å². The first-order valence-electron chi connectivity index (χ1n) is 17.2. The minimum Gasteiger partial charge on any atom is -0.456 e. The quantitative estimate of drug-likeness (QED) is 0.177. The molecule has 1 aliphatic rings. The highest BCUT2D eigenvalue weighted by Crippen LogP contribution is 2.50. The van der Waals surface area contributed by atoms with Gasteiger partial charge in [-0.2, -0.15) is 0 Å². The molecule has 0 radical (unpaired) electrons. The summed E-state index contributed by atoms with van der Waals surface area (Å²) in [5.74, 6) is 1.76. The number of hydrogen-bond donors (Lipinski definition) is 0. The van der Waals surface area contributed by atoms with Crippen LogP contribution in [0.5, 0.6) is 11.5 Å². The summed E-state index contributed by atoms with van der Waals surface area (Å²) in [6, 6.07) is 57.1. The van der Waals surface area contributed by atoms with Crippen LogP contribution in [0.2, 0.25) is 0 Å². The Morgan fingerprint density at radius 3 is 1.88 bits per heavy atom. The zero-order valence-corrected chi connectivity index (χ0v) is 26.8. The van der Waals surface area contributed by atoms with Gasteiger partial charge in [0.15, 0.2) is 0 Å². The zero-order chi connectivity index (χ0) is 32.5. The molecule has 10 aromatic carbocycles. The SMILES string of the molecule is c1ccc2c(c1)Oc1cc(-c3ccc(-c4ccc5ccc6cccc7ccc4c5c67)c4c3oc3c5ccccc5ccc34)cc3cccc-2c13. The highest BCUT2D eigenvalue weighted by molar-refractivity contribution is 6.28. The Labute approximate surface area is 286 Å². The van der Waals surface area contributed by atoms with E-state index in [1.807, 2.05) is 6.07 Å². The van der Waals surface area contributed by atoms with Crippen molar-refractivity contribution in [2.75, 3.05) is 0 Å². The van der Waals surface area contributed by atoms with Crippen LogP contribution in [0, 0.1) is 0 Å². The van der Waals surface area contributed by atoms with Gasteiger partial charge in [-0.05, 0) is 95.7 Å². The van der Waals surface area contributed by atoms with Crippen LogP contribution in [0.25, 0.3) is 109 Å². The van der Waals surface area contributed by atoms with Gasteiger partial charge in [0, 0.05) is 32.7 Å². The largest absolute Gasteiger partial charge is 0.456 e. The Morgan fingerprint density at radius 2 is 0.940 bits per heavy atom. The van der Waals surface area contributed by atoms with Gasteiger partial charge in [0.05, 0.1) is 0 Å². The molecule has 2 heterocycles. The molecular formula is C48H26O2. The van der Waals surface area contributed by atoms with Crippen LogP contribution in [0.4, 0.5) is 0 Å². The van der Waals surface area contributed by atoms with Crippen molar-refractivity contribution >= 4 is 75.8 Å². The molecule has 0 N–H and O–H groups in total. The molecule has 0 amide bonds. The molecule has 230 valence electrons. The second-order valence-corrected chi connectivity index (χ2v) is 13.6. The Bertz CT molecular complexity index is 3220. The molecular weight excluding hydrogens is 609 g/mol. The van der Waals surface area contributed by atoms with Crippen LogP contribution in [-0.4, -0.2) is 0 Å². The van der Waals surface area contributed by atoms with E-state index in [2.05, 4.69) is 152 Å². The lowest BCUT2D eigenvalue weighted by molar-refractivity contribution is 0.487. The second-order valence-electron chi connectivity index (χ2n) is 13.6. The monoisotopic (exact) mass is 634 g/mol. The number of ether oxygens (including phenoxy) is 1. The molecule has 0 unspecified atom stereocenters. The Balaban J connectivity index is 1.18. The number of hydrogen-bond acceptors (Lipinski definition) is 2. The fraction of sp³-hybridized carbons (Fsp3) is 0. The minimum atomic E-state index is 0.873. The molecule has 12 rings (SSSR count). The molecule has 0 saturated heterocycles. The molecule has 2 nitrogen and oxygen atoms in total. The van der Waals surface area contributed by atoms with Crippen molar-refractivity contribution in [3.8, 4) is 44.9 Å². The summed E-state index contributed by atoms with van der Waals surface area (Å²) in [4.78, 5) is 0. The number of fused-ring (bicyclic) bond motifs is 7. The van der Waals surface area contributed by atoms with Gasteiger partial charge in [0.1, 0.15) is 22.7 Å². The van der Waals surface area contributed by atoms with Gasteiger partial charge < -0.3 is 9.15 Å². The van der Waals surface area contributed by atoms with Crippen molar-refractivity contribution in [3.63, 3.8) is 0 Å². The van der Waals surface area contributed by atoms with E-state index in [9.17, 15) is 0 Å². The molecule has 0 aliphatic carbocycles. The van der Waals surface area contributed by atoms with Crippen molar-refractivity contribution in [1.29, 1.82) is 0 Å². The van der Waals surface area contributed by atoms with E-state index in [1.165, 1.54) is 54.4 Å². The average molecular weight is 635 g/mol. The smallest absolute Gasteiger partial charge is 0.143 e. The average Bonchev–Trinajstić information content (AvgIpc) is 3.57. The predicted molar refractivity (Wildman–Crippen MR) is 209 cm³/mol. The first-order valence-corrected chi connectivity index (χ1v) is 17.2. The van der Waals surface area contributed by atoms with Crippen molar-refractivity contribution in [2.45, 2.75) is 0 Å². The molecule has 1 aromatic heterocycles. The summed E-state index contributed by atoms with van der Waals surface area (Å²) in [5.41, 5.74) is 8.63. The van der Waals surface area contributed by atoms with Gasteiger partial charge in [-0.15, -0.1) is 0 Å². The lowest BCUT2D eigenvalue weighted by Gasteiger charge is -2.22. The van der Waals surface area contributed by atoms with E-state index < -0.39 is 0 Å². The van der Waals surface area contributed by atoms with Gasteiger partial charge in [-0.25, -0.2) is 0 Å². The molecule has 50 heavy (non-hydrogen) atoms. The van der Waals surface area contributed by atoms with E-state index in [-0.39, 0.29) is 0 Å². The number of rotatable bonds is 2. The van der Waals surface area contributed by atoms with Crippen LogP contribution in [0.1, 0.15) is 0 Å². The van der Waals surface area contributed by atoms with Crippen LogP contribution in [0.15, 0.2) is 162 Å². The normalized spacial score (nSPS) is 12.6. The Morgan fingerprint density at radius 1 is 0.300 bits per heavy atom. The molecule has 0 atom stereocenters. The van der Waals surface area contributed by atoms with Gasteiger partial charge >= 0.3 is 0 Å². The van der Waals surface area contributed by atoms with E-state index in [0.717, 1.165) is 66.3 Å². The fourth-order valence-corrected chi connectivity index (χ4v) is 8.78. The third-order valence-corrected chi connectivity index (χ3v) is 11.0. The lowest BCUT2D eigenvalue weighted by Crippen LogP contribution is -1.97. The lowest BCUT2D eigenvalue weighted by atomic mass is 9.87. The maximum Gasteiger partial charge on any atom is 0.143 e. The van der Waals surface area contributed by atoms with Crippen LogP contribution in [-0.2, 0) is 0 Å². The fourth-order valence-electron chi connectivity index (χ4n) is 8.78. The Hall–Kier alpha value is -6.64. The summed E-state index contributed by atoms with van der Waals surface area (Å²) in [6.07, 6.45) is 0. The maximum atomic E-state index is 7.08.